The molecule has 4 nitrogen and oxygen atoms in total. The second-order valence-corrected chi connectivity index (χ2v) is 5.97. The molecule has 1 saturated heterocycles. The number of rotatable bonds is 2. The predicted molar refractivity (Wildman–Crippen MR) is 76.7 cm³/mol. The number of benzene rings is 1. The van der Waals surface area contributed by atoms with Gasteiger partial charge >= 0.3 is 6.18 Å². The van der Waals surface area contributed by atoms with Gasteiger partial charge in [0.1, 0.15) is 0 Å². The monoisotopic (exact) mass is 326 g/mol. The van der Waals surface area contributed by atoms with E-state index >= 15 is 0 Å². The number of carbonyl (C=O) groups is 2. The van der Waals surface area contributed by atoms with Crippen molar-refractivity contribution in [3.05, 3.63) is 35.4 Å². The first kappa shape index (κ1) is 15.8. The van der Waals surface area contributed by atoms with Gasteiger partial charge in [0.25, 0.3) is 5.91 Å². The molecule has 0 spiro atoms. The lowest BCUT2D eigenvalue weighted by Gasteiger charge is -2.35. The third-order valence-electron chi connectivity index (χ3n) is 4.26. The number of nitrogens with zero attached hydrogens (tertiary/aromatic N) is 2. The highest BCUT2D eigenvalue weighted by Crippen LogP contribution is 2.31. The summed E-state index contributed by atoms with van der Waals surface area (Å²) in [6.07, 6.45) is -2.51. The second-order valence-electron chi connectivity index (χ2n) is 5.97. The van der Waals surface area contributed by atoms with Gasteiger partial charge in [-0.2, -0.15) is 13.2 Å². The average Bonchev–Trinajstić information content (AvgIpc) is 3.38. The lowest BCUT2D eigenvalue weighted by Crippen LogP contribution is -2.51. The number of halogens is 3. The molecule has 0 unspecified atom stereocenters. The summed E-state index contributed by atoms with van der Waals surface area (Å²) >= 11 is 0. The summed E-state index contributed by atoms with van der Waals surface area (Å²) in [5.41, 5.74) is -0.533. The van der Waals surface area contributed by atoms with Gasteiger partial charge in [0, 0.05) is 37.7 Å². The van der Waals surface area contributed by atoms with E-state index in [1.54, 1.807) is 9.80 Å². The van der Waals surface area contributed by atoms with Crippen molar-refractivity contribution in [1.82, 2.24) is 9.80 Å². The molecule has 1 aliphatic heterocycles. The maximum Gasteiger partial charge on any atom is 0.416 e. The van der Waals surface area contributed by atoms with Crippen LogP contribution in [-0.2, 0) is 11.0 Å². The first-order valence-electron chi connectivity index (χ1n) is 7.61. The minimum absolute atomic E-state index is 0.159. The van der Waals surface area contributed by atoms with Crippen molar-refractivity contribution in [3.8, 4) is 0 Å². The van der Waals surface area contributed by atoms with Crippen LogP contribution in [0.2, 0.25) is 0 Å². The smallest absolute Gasteiger partial charge is 0.339 e. The molecule has 1 aromatic carbocycles. The highest BCUT2D eigenvalue weighted by molar-refractivity contribution is 5.94. The Labute approximate surface area is 131 Å². The van der Waals surface area contributed by atoms with Crippen molar-refractivity contribution in [3.63, 3.8) is 0 Å². The fourth-order valence-corrected chi connectivity index (χ4v) is 2.70. The predicted octanol–water partition coefficient (Wildman–Crippen LogP) is 2.40. The van der Waals surface area contributed by atoms with E-state index in [1.807, 2.05) is 0 Å². The number of hydrogen-bond acceptors (Lipinski definition) is 2. The zero-order valence-corrected chi connectivity index (χ0v) is 12.5. The van der Waals surface area contributed by atoms with Crippen molar-refractivity contribution >= 4 is 11.8 Å². The number of carbonyl (C=O) groups excluding carboxylic acids is 2. The Kier molecular flexibility index (Phi) is 4.04. The molecule has 1 heterocycles. The van der Waals surface area contributed by atoms with Crippen LogP contribution < -0.4 is 0 Å². The van der Waals surface area contributed by atoms with Crippen LogP contribution in [0.4, 0.5) is 13.2 Å². The van der Waals surface area contributed by atoms with Crippen molar-refractivity contribution < 1.29 is 22.8 Å². The molecule has 2 aliphatic rings. The molecule has 1 aliphatic carbocycles. The van der Waals surface area contributed by atoms with Gasteiger partial charge in [0.15, 0.2) is 0 Å². The Morgan fingerprint density at radius 3 is 1.91 bits per heavy atom. The fraction of sp³-hybridized carbons (Fsp3) is 0.500. The SMILES string of the molecule is O=C(c1ccc(C(F)(F)F)cc1)N1CCN(C(=O)C2CC2)CC1. The van der Waals surface area contributed by atoms with Crippen LogP contribution in [0.1, 0.15) is 28.8 Å². The van der Waals surface area contributed by atoms with E-state index in [9.17, 15) is 22.8 Å². The zero-order chi connectivity index (χ0) is 16.6. The van der Waals surface area contributed by atoms with Crippen LogP contribution in [-0.4, -0.2) is 47.8 Å². The van der Waals surface area contributed by atoms with Crippen molar-refractivity contribution in [1.29, 1.82) is 0 Å². The van der Waals surface area contributed by atoms with Crippen LogP contribution >= 0.6 is 0 Å². The van der Waals surface area contributed by atoms with Gasteiger partial charge in [0.05, 0.1) is 5.56 Å². The van der Waals surface area contributed by atoms with E-state index in [1.165, 1.54) is 12.1 Å². The molecular formula is C16H17F3N2O2. The van der Waals surface area contributed by atoms with E-state index in [2.05, 4.69) is 0 Å². The van der Waals surface area contributed by atoms with Crippen molar-refractivity contribution in [2.45, 2.75) is 19.0 Å². The van der Waals surface area contributed by atoms with Gasteiger partial charge in [-0.3, -0.25) is 9.59 Å². The van der Waals surface area contributed by atoms with E-state index in [0.717, 1.165) is 25.0 Å². The Bertz CT molecular complexity index is 601. The molecular weight excluding hydrogens is 309 g/mol. The zero-order valence-electron chi connectivity index (χ0n) is 12.5. The number of piperazine rings is 1. The Hall–Kier alpha value is -2.05. The number of hydrogen-bond donors (Lipinski definition) is 0. The highest BCUT2D eigenvalue weighted by atomic mass is 19.4. The summed E-state index contributed by atoms with van der Waals surface area (Å²) in [6, 6.07) is 4.24. The van der Waals surface area contributed by atoms with E-state index < -0.39 is 11.7 Å². The van der Waals surface area contributed by atoms with Gasteiger partial charge in [-0.05, 0) is 37.1 Å². The lowest BCUT2D eigenvalue weighted by atomic mass is 10.1. The first-order valence-corrected chi connectivity index (χ1v) is 7.61. The Morgan fingerprint density at radius 1 is 0.913 bits per heavy atom. The van der Waals surface area contributed by atoms with E-state index in [0.29, 0.717) is 26.2 Å². The van der Waals surface area contributed by atoms with Crippen molar-refractivity contribution in [2.75, 3.05) is 26.2 Å². The summed E-state index contributed by atoms with van der Waals surface area (Å²) in [5, 5.41) is 0. The third kappa shape index (κ3) is 3.48. The van der Waals surface area contributed by atoms with Crippen LogP contribution in [0.15, 0.2) is 24.3 Å². The quantitative estimate of drug-likeness (QED) is 0.837. The fourth-order valence-electron chi connectivity index (χ4n) is 2.70. The largest absolute Gasteiger partial charge is 0.416 e. The summed E-state index contributed by atoms with van der Waals surface area (Å²) in [7, 11) is 0. The van der Waals surface area contributed by atoms with Crippen LogP contribution in [0.25, 0.3) is 0 Å². The third-order valence-corrected chi connectivity index (χ3v) is 4.26. The van der Waals surface area contributed by atoms with E-state index in [4.69, 9.17) is 0 Å². The molecule has 0 N–H and O–H groups in total. The van der Waals surface area contributed by atoms with Gasteiger partial charge in [-0.1, -0.05) is 0 Å². The number of amides is 2. The minimum Gasteiger partial charge on any atom is -0.339 e. The van der Waals surface area contributed by atoms with Crippen LogP contribution in [0.5, 0.6) is 0 Å². The number of alkyl halides is 3. The highest BCUT2D eigenvalue weighted by Gasteiger charge is 2.35. The van der Waals surface area contributed by atoms with E-state index in [-0.39, 0.29) is 23.3 Å². The molecule has 3 rings (SSSR count). The molecule has 7 heteroatoms. The average molecular weight is 326 g/mol. The molecule has 1 saturated carbocycles. The molecule has 2 amide bonds. The molecule has 23 heavy (non-hydrogen) atoms. The second kappa shape index (κ2) is 5.86. The molecule has 2 fully saturated rings. The Morgan fingerprint density at radius 2 is 1.43 bits per heavy atom. The van der Waals surface area contributed by atoms with Gasteiger partial charge in [0.2, 0.25) is 5.91 Å². The van der Waals surface area contributed by atoms with Gasteiger partial charge in [-0.25, -0.2) is 0 Å². The minimum atomic E-state index is -4.41. The molecule has 124 valence electrons. The maximum atomic E-state index is 12.5. The van der Waals surface area contributed by atoms with Crippen LogP contribution in [0.3, 0.4) is 0 Å². The summed E-state index contributed by atoms with van der Waals surface area (Å²) in [5.74, 6) is 0.0241. The molecule has 1 aromatic rings. The van der Waals surface area contributed by atoms with Gasteiger partial charge < -0.3 is 9.80 Å². The maximum absolute atomic E-state index is 12.5. The Balaban J connectivity index is 1.59. The molecule has 0 bridgehead atoms. The van der Waals surface area contributed by atoms with Gasteiger partial charge in [-0.15, -0.1) is 0 Å². The summed E-state index contributed by atoms with van der Waals surface area (Å²) in [4.78, 5) is 27.6. The molecule has 0 radical (unpaired) electrons. The normalized spacial score (nSPS) is 18.9. The van der Waals surface area contributed by atoms with Crippen molar-refractivity contribution in [2.24, 2.45) is 5.92 Å². The molecule has 0 atom stereocenters. The standard InChI is InChI=1S/C16H17F3N2O2/c17-16(18,19)13-5-3-12(4-6-13)15(23)21-9-7-20(8-10-21)14(22)11-1-2-11/h3-6,11H,1-2,7-10H2. The first-order chi connectivity index (χ1) is 10.9. The summed E-state index contributed by atoms with van der Waals surface area (Å²) in [6.45, 7) is 1.81. The lowest BCUT2D eigenvalue weighted by molar-refractivity contribution is -0.137. The molecule has 0 aromatic heterocycles. The van der Waals surface area contributed by atoms with Crippen LogP contribution in [0, 0.1) is 5.92 Å². The summed E-state index contributed by atoms with van der Waals surface area (Å²) < 4.78 is 37.6. The topological polar surface area (TPSA) is 40.6 Å².